The van der Waals surface area contributed by atoms with E-state index in [1.54, 1.807) is 17.9 Å². The third-order valence-electron chi connectivity index (χ3n) is 3.38. The first-order chi connectivity index (χ1) is 9.68. The number of benzene rings is 1. The van der Waals surface area contributed by atoms with Gasteiger partial charge in [0.05, 0.1) is 6.33 Å². The number of aryl methyl sites for hydroxylation is 2. The summed E-state index contributed by atoms with van der Waals surface area (Å²) in [5, 5.41) is 0. The van der Waals surface area contributed by atoms with E-state index in [2.05, 4.69) is 9.97 Å². The average Bonchev–Trinajstić information content (AvgIpc) is 2.95. The maximum Gasteiger partial charge on any atom is 0.330 e. The van der Waals surface area contributed by atoms with E-state index in [9.17, 15) is 4.79 Å². The van der Waals surface area contributed by atoms with Crippen LogP contribution < -0.4 is 5.69 Å². The lowest BCUT2D eigenvalue weighted by molar-refractivity contribution is 0.626. The number of fused-ring (bicyclic) bond motifs is 1. The van der Waals surface area contributed by atoms with Crippen molar-refractivity contribution in [3.8, 4) is 0 Å². The molecule has 3 rings (SSSR count). The molecule has 0 saturated carbocycles. The molecule has 102 valence electrons. The number of hydrogen-bond acceptors (Lipinski definition) is 3. The molecule has 1 N–H and O–H groups in total. The van der Waals surface area contributed by atoms with Crippen LogP contribution in [0.5, 0.6) is 0 Å². The van der Waals surface area contributed by atoms with Gasteiger partial charge in [-0.1, -0.05) is 42.5 Å². The fourth-order valence-corrected chi connectivity index (χ4v) is 2.49. The monoisotopic (exact) mass is 286 g/mol. The third-order valence-corrected chi connectivity index (χ3v) is 3.86. The second kappa shape index (κ2) is 5.05. The van der Waals surface area contributed by atoms with Gasteiger partial charge in [0.15, 0.2) is 5.65 Å². The summed E-state index contributed by atoms with van der Waals surface area (Å²) in [6, 6.07) is 10.1. The second-order valence-corrected chi connectivity index (χ2v) is 5.02. The van der Waals surface area contributed by atoms with Gasteiger partial charge in [0.25, 0.3) is 0 Å². The second-order valence-electron chi connectivity index (χ2n) is 4.64. The molecule has 20 heavy (non-hydrogen) atoms. The van der Waals surface area contributed by atoms with Gasteiger partial charge < -0.3 is 4.98 Å². The number of nitrogens with one attached hydrogen (secondary N) is 1. The summed E-state index contributed by atoms with van der Waals surface area (Å²) < 4.78 is 3.62. The van der Waals surface area contributed by atoms with Crippen molar-refractivity contribution in [2.75, 3.05) is 0 Å². The molecule has 0 aliphatic carbocycles. The number of hydrogen-bond donors (Lipinski definition) is 1. The Morgan fingerprint density at radius 1 is 1.30 bits per heavy atom. The van der Waals surface area contributed by atoms with Crippen molar-refractivity contribution < 1.29 is 0 Å². The zero-order valence-corrected chi connectivity index (χ0v) is 11.9. The van der Waals surface area contributed by atoms with Crippen LogP contribution in [0, 0.1) is 4.64 Å². The predicted octanol–water partition coefficient (Wildman–Crippen LogP) is 2.04. The first-order valence-electron chi connectivity index (χ1n) is 6.35. The van der Waals surface area contributed by atoms with Gasteiger partial charge in [0.1, 0.15) is 10.2 Å². The third kappa shape index (κ3) is 2.08. The van der Waals surface area contributed by atoms with E-state index < -0.39 is 0 Å². The molecule has 2 heterocycles. The average molecular weight is 286 g/mol. The topological polar surface area (TPSA) is 55.6 Å². The molecule has 0 bridgehead atoms. The Kier molecular flexibility index (Phi) is 3.23. The van der Waals surface area contributed by atoms with Gasteiger partial charge >= 0.3 is 5.69 Å². The van der Waals surface area contributed by atoms with Gasteiger partial charge in [0, 0.05) is 13.6 Å². The summed E-state index contributed by atoms with van der Waals surface area (Å²) in [6.45, 7) is 0.577. The molecule has 1 aromatic carbocycles. The molecule has 0 amide bonds. The van der Waals surface area contributed by atoms with Crippen LogP contribution in [-0.4, -0.2) is 19.1 Å². The highest BCUT2D eigenvalue weighted by atomic mass is 32.1. The lowest BCUT2D eigenvalue weighted by atomic mass is 10.1. The van der Waals surface area contributed by atoms with Crippen LogP contribution in [0.2, 0.25) is 0 Å². The molecule has 3 aromatic rings. The number of aromatic amines is 1. The molecular weight excluding hydrogens is 272 g/mol. The Balaban J connectivity index is 2.06. The Hall–Kier alpha value is -2.21. The van der Waals surface area contributed by atoms with E-state index >= 15 is 0 Å². The molecule has 0 atom stereocenters. The fourth-order valence-electron chi connectivity index (χ4n) is 2.26. The number of aromatic nitrogens is 4. The zero-order chi connectivity index (χ0) is 14.1. The van der Waals surface area contributed by atoms with Crippen molar-refractivity contribution in [3.63, 3.8) is 0 Å². The van der Waals surface area contributed by atoms with Crippen LogP contribution in [0.4, 0.5) is 0 Å². The summed E-state index contributed by atoms with van der Waals surface area (Å²) >= 11 is 5.25. The highest BCUT2D eigenvalue weighted by Gasteiger charge is 2.10. The largest absolute Gasteiger partial charge is 0.341 e. The molecule has 5 nitrogen and oxygen atoms in total. The standard InChI is InChI=1S/C14H14N4OS/c1-17-13(20)11-12(16-9-15-11)18(14(17)19)8-7-10-5-3-2-4-6-10/h2-6,9H,7-8H2,1H3,(H,15,16). The van der Waals surface area contributed by atoms with Gasteiger partial charge in [-0.25, -0.2) is 9.78 Å². The van der Waals surface area contributed by atoms with Gasteiger partial charge in [-0.2, -0.15) is 0 Å². The first kappa shape index (κ1) is 12.8. The first-order valence-corrected chi connectivity index (χ1v) is 6.76. The van der Waals surface area contributed by atoms with Crippen molar-refractivity contribution in [2.24, 2.45) is 7.05 Å². The van der Waals surface area contributed by atoms with Gasteiger partial charge in [-0.05, 0) is 12.0 Å². The molecule has 0 spiro atoms. The quantitative estimate of drug-likeness (QED) is 0.750. The Morgan fingerprint density at radius 3 is 2.80 bits per heavy atom. The number of H-pyrrole nitrogens is 1. The SMILES string of the molecule is Cn1c(=S)c2[nH]cnc2n(CCc2ccccc2)c1=O. The summed E-state index contributed by atoms with van der Waals surface area (Å²) in [4.78, 5) is 19.5. The van der Waals surface area contributed by atoms with E-state index in [4.69, 9.17) is 12.2 Å². The molecule has 6 heteroatoms. The van der Waals surface area contributed by atoms with Crippen LogP contribution in [0.1, 0.15) is 5.56 Å². The van der Waals surface area contributed by atoms with Crippen LogP contribution >= 0.6 is 12.2 Å². The van der Waals surface area contributed by atoms with E-state index in [1.165, 1.54) is 10.1 Å². The molecule has 0 unspecified atom stereocenters. The maximum atomic E-state index is 12.3. The van der Waals surface area contributed by atoms with E-state index in [0.29, 0.717) is 16.8 Å². The van der Waals surface area contributed by atoms with E-state index in [1.807, 2.05) is 30.3 Å². The summed E-state index contributed by atoms with van der Waals surface area (Å²) in [7, 11) is 1.68. The van der Waals surface area contributed by atoms with Crippen LogP contribution in [0.3, 0.4) is 0 Å². The van der Waals surface area contributed by atoms with Gasteiger partial charge in [-0.15, -0.1) is 0 Å². The minimum Gasteiger partial charge on any atom is -0.341 e. The van der Waals surface area contributed by atoms with Gasteiger partial charge in [-0.3, -0.25) is 9.13 Å². The van der Waals surface area contributed by atoms with Crippen LogP contribution in [-0.2, 0) is 20.0 Å². The lowest BCUT2D eigenvalue weighted by Gasteiger charge is -2.09. The molecule has 0 saturated heterocycles. The van der Waals surface area contributed by atoms with Crippen molar-refractivity contribution in [1.29, 1.82) is 0 Å². The number of nitrogens with zero attached hydrogens (tertiary/aromatic N) is 3. The molecule has 0 fully saturated rings. The van der Waals surface area contributed by atoms with E-state index in [-0.39, 0.29) is 5.69 Å². The van der Waals surface area contributed by atoms with Crippen molar-refractivity contribution in [3.05, 3.63) is 57.3 Å². The zero-order valence-electron chi connectivity index (χ0n) is 11.0. The molecule has 0 radical (unpaired) electrons. The molecular formula is C14H14N4OS. The van der Waals surface area contributed by atoms with Crippen LogP contribution in [0.25, 0.3) is 11.2 Å². The molecule has 0 aliphatic heterocycles. The number of imidazole rings is 1. The van der Waals surface area contributed by atoms with Crippen LogP contribution in [0.15, 0.2) is 41.5 Å². The summed E-state index contributed by atoms with van der Waals surface area (Å²) in [5.74, 6) is 0. The lowest BCUT2D eigenvalue weighted by Crippen LogP contribution is -2.30. The molecule has 0 aliphatic rings. The molecule has 2 aromatic heterocycles. The minimum absolute atomic E-state index is 0.134. The Labute approximate surface area is 120 Å². The highest BCUT2D eigenvalue weighted by molar-refractivity contribution is 7.71. The Morgan fingerprint density at radius 2 is 2.05 bits per heavy atom. The smallest absolute Gasteiger partial charge is 0.330 e. The number of rotatable bonds is 3. The predicted molar refractivity (Wildman–Crippen MR) is 80.3 cm³/mol. The Bertz CT molecular complexity index is 860. The maximum absolute atomic E-state index is 12.3. The normalized spacial score (nSPS) is 11.1. The highest BCUT2D eigenvalue weighted by Crippen LogP contribution is 2.09. The fraction of sp³-hybridized carbons (Fsp3) is 0.214. The van der Waals surface area contributed by atoms with Crippen molar-refractivity contribution >= 4 is 23.4 Å². The van der Waals surface area contributed by atoms with Crippen molar-refractivity contribution in [2.45, 2.75) is 13.0 Å². The van der Waals surface area contributed by atoms with E-state index in [0.717, 1.165) is 11.9 Å². The van der Waals surface area contributed by atoms with Crippen molar-refractivity contribution in [1.82, 2.24) is 19.1 Å². The minimum atomic E-state index is -0.134. The summed E-state index contributed by atoms with van der Waals surface area (Å²) in [6.07, 6.45) is 2.35. The summed E-state index contributed by atoms with van der Waals surface area (Å²) in [5.41, 5.74) is 2.41. The van der Waals surface area contributed by atoms with Gasteiger partial charge in [0.2, 0.25) is 0 Å².